The highest BCUT2D eigenvalue weighted by Crippen LogP contribution is 2.37. The molecule has 5 heterocycles. The number of hydrogen-bond acceptors (Lipinski definition) is 6. The van der Waals surface area contributed by atoms with Crippen LogP contribution < -0.4 is 10.5 Å². The maximum absolute atomic E-state index is 13.4. The second-order valence-corrected chi connectivity index (χ2v) is 9.77. The van der Waals surface area contributed by atoms with Crippen LogP contribution in [0.25, 0.3) is 33.5 Å². The van der Waals surface area contributed by atoms with E-state index in [2.05, 4.69) is 37.3 Å². The van der Waals surface area contributed by atoms with E-state index in [1.54, 1.807) is 12.4 Å². The summed E-state index contributed by atoms with van der Waals surface area (Å²) in [5, 5.41) is 1.12. The predicted octanol–water partition coefficient (Wildman–Crippen LogP) is 3.45. The first-order chi connectivity index (χ1) is 18.2. The molecular weight excluding hydrogens is 466 g/mol. The van der Waals surface area contributed by atoms with Crippen molar-refractivity contribution in [3.05, 3.63) is 72.3 Å². The van der Waals surface area contributed by atoms with Gasteiger partial charge in [0.05, 0.1) is 24.3 Å². The number of para-hydroxylation sites is 1. The van der Waals surface area contributed by atoms with Gasteiger partial charge in [0.2, 0.25) is 0 Å². The van der Waals surface area contributed by atoms with Gasteiger partial charge in [0, 0.05) is 48.0 Å². The number of nitrogens with zero attached hydrogens (tertiary/aromatic N) is 6. The van der Waals surface area contributed by atoms with Gasteiger partial charge in [0.1, 0.15) is 23.7 Å². The third kappa shape index (κ3) is 3.74. The smallest absolute Gasteiger partial charge is 0.254 e. The monoisotopic (exact) mass is 493 g/mol. The van der Waals surface area contributed by atoms with Crippen molar-refractivity contribution in [2.75, 3.05) is 19.7 Å². The molecule has 0 bridgehead atoms. The molecule has 1 atom stereocenters. The van der Waals surface area contributed by atoms with Gasteiger partial charge in [0.25, 0.3) is 5.91 Å². The van der Waals surface area contributed by atoms with Crippen LogP contribution in [0.4, 0.5) is 0 Å². The summed E-state index contributed by atoms with van der Waals surface area (Å²) in [6, 6.07) is 16.1. The van der Waals surface area contributed by atoms with E-state index in [4.69, 9.17) is 15.5 Å². The quantitative estimate of drug-likeness (QED) is 0.411. The number of ether oxygens (including phenoxy) is 1. The number of hydrogen-bond donors (Lipinski definition) is 1. The summed E-state index contributed by atoms with van der Waals surface area (Å²) < 4.78 is 10.5. The number of rotatable bonds is 4. The highest BCUT2D eigenvalue weighted by atomic mass is 16.5. The molecule has 37 heavy (non-hydrogen) atoms. The number of fused-ring (bicyclic) bond motifs is 1. The van der Waals surface area contributed by atoms with Crippen LogP contribution in [0.15, 0.2) is 60.9 Å². The van der Waals surface area contributed by atoms with E-state index in [0.717, 1.165) is 58.7 Å². The Kier molecular flexibility index (Phi) is 5.17. The molecule has 9 nitrogen and oxygen atoms in total. The molecular formula is C28H27N7O2. The molecule has 7 rings (SSSR count). The summed E-state index contributed by atoms with van der Waals surface area (Å²) in [5.41, 5.74) is 10.5. The first-order valence-corrected chi connectivity index (χ1v) is 12.7. The summed E-state index contributed by atoms with van der Waals surface area (Å²) in [5.74, 6) is 2.25. The number of amides is 1. The normalized spacial score (nSPS) is 17.3. The molecule has 2 aliphatic heterocycles. The van der Waals surface area contributed by atoms with Crippen LogP contribution in [0, 0.1) is 0 Å². The Balaban J connectivity index is 1.37. The highest BCUT2D eigenvalue weighted by molar-refractivity contribution is 6.00. The second-order valence-electron chi connectivity index (χ2n) is 9.77. The van der Waals surface area contributed by atoms with E-state index >= 15 is 0 Å². The van der Waals surface area contributed by atoms with Gasteiger partial charge in [-0.2, -0.15) is 0 Å². The zero-order chi connectivity index (χ0) is 24.9. The topological polar surface area (TPSA) is 104 Å². The molecule has 0 saturated carbocycles. The lowest BCUT2D eigenvalue weighted by molar-refractivity contribution is 0.0708. The second kappa shape index (κ2) is 8.70. The highest BCUT2D eigenvalue weighted by Gasteiger charge is 2.27. The van der Waals surface area contributed by atoms with Gasteiger partial charge in [-0.1, -0.05) is 18.2 Å². The molecule has 0 radical (unpaired) electrons. The first-order valence-electron chi connectivity index (χ1n) is 12.7. The van der Waals surface area contributed by atoms with Gasteiger partial charge in [-0.15, -0.1) is 0 Å². The summed E-state index contributed by atoms with van der Waals surface area (Å²) in [7, 11) is 0. The summed E-state index contributed by atoms with van der Waals surface area (Å²) in [6.45, 7) is 3.02. The standard InChI is InChI=1S/C28H27N7O2/c29-20-6-3-10-33(16-20)28(36)19-13-21-26-24(15-19)37-12-11-34(26)27(32-21)23-14-18-5-1-2-7-22(18)35(23)17-25-30-8-4-9-31-25/h1-2,4-5,7-9,13-15,20H,3,6,10-12,16-17,29H2. The van der Waals surface area contributed by atoms with Gasteiger partial charge in [-0.3, -0.25) is 4.79 Å². The zero-order valence-electron chi connectivity index (χ0n) is 20.4. The number of piperidine rings is 1. The Morgan fingerprint density at radius 3 is 2.81 bits per heavy atom. The van der Waals surface area contributed by atoms with Crippen molar-refractivity contribution < 1.29 is 9.53 Å². The van der Waals surface area contributed by atoms with Gasteiger partial charge in [-0.25, -0.2) is 15.0 Å². The summed E-state index contributed by atoms with van der Waals surface area (Å²) >= 11 is 0. The van der Waals surface area contributed by atoms with Crippen LogP contribution in [0.5, 0.6) is 5.75 Å². The Bertz CT molecular complexity index is 1640. The molecule has 1 fully saturated rings. The lowest BCUT2D eigenvalue weighted by Gasteiger charge is -2.31. The summed E-state index contributed by atoms with van der Waals surface area (Å²) in [4.78, 5) is 29.2. The van der Waals surface area contributed by atoms with Crippen LogP contribution in [0.1, 0.15) is 29.0 Å². The van der Waals surface area contributed by atoms with Gasteiger partial charge in [0.15, 0.2) is 5.82 Å². The number of aromatic nitrogens is 5. The van der Waals surface area contributed by atoms with Crippen LogP contribution >= 0.6 is 0 Å². The number of imidazole rings is 1. The first kappa shape index (κ1) is 22.0. The number of benzene rings is 2. The zero-order valence-corrected chi connectivity index (χ0v) is 20.4. The van der Waals surface area contributed by atoms with Crippen LogP contribution in [0.2, 0.25) is 0 Å². The number of nitrogens with two attached hydrogens (primary N) is 1. The van der Waals surface area contributed by atoms with Gasteiger partial charge in [-0.05, 0) is 43.2 Å². The van der Waals surface area contributed by atoms with Crippen molar-refractivity contribution in [3.8, 4) is 17.3 Å². The molecule has 2 aliphatic rings. The minimum absolute atomic E-state index is 0.0195. The average molecular weight is 494 g/mol. The van der Waals surface area contributed by atoms with Crippen molar-refractivity contribution >= 4 is 27.8 Å². The van der Waals surface area contributed by atoms with Crippen LogP contribution in [-0.2, 0) is 13.1 Å². The third-order valence-electron chi connectivity index (χ3n) is 7.33. The van der Waals surface area contributed by atoms with Crippen molar-refractivity contribution in [1.29, 1.82) is 0 Å². The fraction of sp³-hybridized carbons (Fsp3) is 0.286. The van der Waals surface area contributed by atoms with E-state index in [1.807, 2.05) is 35.2 Å². The SMILES string of the molecule is NC1CCCN(C(=O)c2cc3c4c(c2)nc(-c2cc5ccccc5n2Cc2ncccn2)n4CCO3)C1. The Hall–Kier alpha value is -4.24. The average Bonchev–Trinajstić information content (AvgIpc) is 3.48. The van der Waals surface area contributed by atoms with E-state index in [9.17, 15) is 4.79 Å². The van der Waals surface area contributed by atoms with Crippen molar-refractivity contribution in [1.82, 2.24) is 29.0 Å². The maximum atomic E-state index is 13.4. The Morgan fingerprint density at radius 2 is 1.95 bits per heavy atom. The molecule has 1 amide bonds. The molecule has 186 valence electrons. The molecule has 2 aromatic carbocycles. The van der Waals surface area contributed by atoms with E-state index in [0.29, 0.717) is 37.6 Å². The molecule has 0 spiro atoms. The fourth-order valence-corrected chi connectivity index (χ4v) is 5.62. The molecule has 2 N–H and O–H groups in total. The third-order valence-corrected chi connectivity index (χ3v) is 7.33. The van der Waals surface area contributed by atoms with Crippen molar-refractivity contribution in [2.45, 2.75) is 32.0 Å². The number of likely N-dealkylation sites (tertiary alicyclic amines) is 1. The maximum Gasteiger partial charge on any atom is 0.254 e. The van der Waals surface area contributed by atoms with Gasteiger partial charge >= 0.3 is 0 Å². The minimum atomic E-state index is -0.0195. The van der Waals surface area contributed by atoms with Crippen LogP contribution in [0.3, 0.4) is 0 Å². The molecule has 5 aromatic rings. The Morgan fingerprint density at radius 1 is 1.08 bits per heavy atom. The number of carbonyl (C=O) groups is 1. The lowest BCUT2D eigenvalue weighted by atomic mass is 10.0. The lowest BCUT2D eigenvalue weighted by Crippen LogP contribution is -2.45. The molecule has 3 aromatic heterocycles. The van der Waals surface area contributed by atoms with Crippen molar-refractivity contribution in [3.63, 3.8) is 0 Å². The van der Waals surface area contributed by atoms with Gasteiger partial charge < -0.3 is 24.5 Å². The Labute approximate surface area is 213 Å². The number of carbonyl (C=O) groups excluding carboxylic acids is 1. The largest absolute Gasteiger partial charge is 0.489 e. The molecule has 1 unspecified atom stereocenters. The molecule has 0 aliphatic carbocycles. The predicted molar refractivity (Wildman–Crippen MR) is 140 cm³/mol. The van der Waals surface area contributed by atoms with Crippen LogP contribution in [-0.4, -0.2) is 60.6 Å². The molecule has 1 saturated heterocycles. The minimum Gasteiger partial charge on any atom is -0.489 e. The van der Waals surface area contributed by atoms with E-state index in [-0.39, 0.29) is 11.9 Å². The molecule has 9 heteroatoms. The van der Waals surface area contributed by atoms with Crippen molar-refractivity contribution in [2.24, 2.45) is 5.73 Å². The van der Waals surface area contributed by atoms with E-state index < -0.39 is 0 Å². The summed E-state index contributed by atoms with van der Waals surface area (Å²) in [6.07, 6.45) is 5.40. The fourth-order valence-electron chi connectivity index (χ4n) is 5.62. The van der Waals surface area contributed by atoms with E-state index in [1.165, 1.54) is 0 Å².